The predicted octanol–water partition coefficient (Wildman–Crippen LogP) is 0.875. The van der Waals surface area contributed by atoms with E-state index in [0.717, 1.165) is 0 Å². The molecule has 1 aliphatic rings. The van der Waals surface area contributed by atoms with Gasteiger partial charge < -0.3 is 9.47 Å². The van der Waals surface area contributed by atoms with Gasteiger partial charge in [0, 0.05) is 18.1 Å². The summed E-state index contributed by atoms with van der Waals surface area (Å²) in [6.07, 6.45) is 0.573. The maximum absolute atomic E-state index is 11.5. The largest absolute Gasteiger partial charge is 0.472 e. The molecule has 0 radical (unpaired) electrons. The smallest absolute Gasteiger partial charge is 0.338 e. The van der Waals surface area contributed by atoms with Crippen LogP contribution in [0.5, 0.6) is 5.88 Å². The van der Waals surface area contributed by atoms with Gasteiger partial charge in [-0.1, -0.05) is 0 Å². The molecule has 0 saturated carbocycles. The molecule has 0 aliphatic carbocycles. The molecule has 86 valence electrons. The van der Waals surface area contributed by atoms with Gasteiger partial charge in [0.05, 0.1) is 12.7 Å². The van der Waals surface area contributed by atoms with E-state index in [1.54, 1.807) is 0 Å². The molecular formula is C11H13NO4. The van der Waals surface area contributed by atoms with Crippen LogP contribution < -0.4 is 10.3 Å². The molecule has 5 heteroatoms. The molecule has 5 nitrogen and oxygen atoms in total. The molecule has 1 aliphatic heterocycles. The van der Waals surface area contributed by atoms with E-state index in [2.05, 4.69) is 9.72 Å². The van der Waals surface area contributed by atoms with Crippen molar-refractivity contribution >= 4 is 5.97 Å². The number of carbonyl (C=O) groups excluding carboxylic acids is 1. The number of aromatic nitrogens is 1. The zero-order valence-electron chi connectivity index (χ0n) is 9.42. The number of hydrogen-bond acceptors (Lipinski definition) is 4. The van der Waals surface area contributed by atoms with Gasteiger partial charge in [-0.05, 0) is 13.8 Å². The molecule has 0 saturated heterocycles. The van der Waals surface area contributed by atoms with E-state index < -0.39 is 11.6 Å². The van der Waals surface area contributed by atoms with Crippen LogP contribution in [0.4, 0.5) is 0 Å². The topological polar surface area (TPSA) is 68.4 Å². The van der Waals surface area contributed by atoms with Crippen molar-refractivity contribution in [3.05, 3.63) is 27.5 Å². The van der Waals surface area contributed by atoms with Gasteiger partial charge >= 0.3 is 5.97 Å². The number of rotatable bonds is 1. The van der Waals surface area contributed by atoms with E-state index in [9.17, 15) is 9.59 Å². The minimum atomic E-state index is -0.511. The van der Waals surface area contributed by atoms with Crippen molar-refractivity contribution in [1.82, 2.24) is 4.98 Å². The molecule has 0 atom stereocenters. The monoisotopic (exact) mass is 223 g/mol. The van der Waals surface area contributed by atoms with Crippen LogP contribution in [0.3, 0.4) is 0 Å². The van der Waals surface area contributed by atoms with Crippen LogP contribution in [0.2, 0.25) is 0 Å². The average molecular weight is 223 g/mol. The van der Waals surface area contributed by atoms with E-state index in [4.69, 9.17) is 4.74 Å². The van der Waals surface area contributed by atoms with Crippen LogP contribution in [0.25, 0.3) is 0 Å². The zero-order chi connectivity index (χ0) is 11.9. The van der Waals surface area contributed by atoms with E-state index in [1.165, 1.54) is 13.2 Å². The Labute approximate surface area is 92.4 Å². The second-order valence-corrected chi connectivity index (χ2v) is 4.39. The molecule has 0 aromatic carbocycles. The first-order valence-corrected chi connectivity index (χ1v) is 4.96. The lowest BCUT2D eigenvalue weighted by atomic mass is 9.99. The Morgan fingerprint density at radius 3 is 2.88 bits per heavy atom. The maximum atomic E-state index is 11.5. The summed E-state index contributed by atoms with van der Waals surface area (Å²) in [4.78, 5) is 25.4. The summed E-state index contributed by atoms with van der Waals surface area (Å²) in [5, 5.41) is 0. The van der Waals surface area contributed by atoms with Crippen molar-refractivity contribution in [2.45, 2.75) is 25.9 Å². The SMILES string of the molecule is COC(=O)c1cc(=O)[nH]c2c1CC(C)(C)O2. The summed E-state index contributed by atoms with van der Waals surface area (Å²) in [6.45, 7) is 3.79. The van der Waals surface area contributed by atoms with E-state index in [0.29, 0.717) is 17.9 Å². The number of carbonyl (C=O) groups is 1. The third-order valence-electron chi connectivity index (χ3n) is 2.50. The molecule has 2 heterocycles. The lowest BCUT2D eigenvalue weighted by molar-refractivity contribution is 0.0599. The number of pyridine rings is 1. The standard InChI is InChI=1S/C11H13NO4/c1-11(2)5-7-6(10(14)15-3)4-8(13)12-9(7)16-11/h4H,5H2,1-3H3,(H,12,13). The molecule has 0 fully saturated rings. The lowest BCUT2D eigenvalue weighted by Crippen LogP contribution is -2.25. The summed E-state index contributed by atoms with van der Waals surface area (Å²) in [6, 6.07) is 1.25. The van der Waals surface area contributed by atoms with Gasteiger partial charge in [-0.2, -0.15) is 0 Å². The predicted molar refractivity (Wildman–Crippen MR) is 56.8 cm³/mol. The maximum Gasteiger partial charge on any atom is 0.338 e. The fraction of sp³-hybridized carbons (Fsp3) is 0.455. The van der Waals surface area contributed by atoms with Gasteiger partial charge in [0.25, 0.3) is 5.56 Å². The van der Waals surface area contributed by atoms with Crippen LogP contribution >= 0.6 is 0 Å². The first kappa shape index (κ1) is 10.7. The quantitative estimate of drug-likeness (QED) is 0.717. The highest BCUT2D eigenvalue weighted by molar-refractivity contribution is 5.91. The second-order valence-electron chi connectivity index (χ2n) is 4.39. The summed E-state index contributed by atoms with van der Waals surface area (Å²) >= 11 is 0. The fourth-order valence-corrected chi connectivity index (χ4v) is 1.86. The Morgan fingerprint density at radius 1 is 1.56 bits per heavy atom. The van der Waals surface area contributed by atoms with Crippen molar-refractivity contribution in [2.24, 2.45) is 0 Å². The van der Waals surface area contributed by atoms with Gasteiger partial charge in [-0.3, -0.25) is 9.78 Å². The highest BCUT2D eigenvalue weighted by atomic mass is 16.5. The minimum Gasteiger partial charge on any atom is -0.472 e. The van der Waals surface area contributed by atoms with E-state index in [1.807, 2.05) is 13.8 Å². The average Bonchev–Trinajstić information content (AvgIpc) is 2.49. The van der Waals surface area contributed by atoms with Crippen molar-refractivity contribution in [3.63, 3.8) is 0 Å². The van der Waals surface area contributed by atoms with Gasteiger partial charge in [0.1, 0.15) is 5.60 Å². The molecule has 1 aromatic heterocycles. The third kappa shape index (κ3) is 1.68. The molecule has 0 unspecified atom stereocenters. The lowest BCUT2D eigenvalue weighted by Gasteiger charge is -2.16. The number of H-pyrrole nitrogens is 1. The van der Waals surface area contributed by atoms with Crippen molar-refractivity contribution in [1.29, 1.82) is 0 Å². The highest BCUT2D eigenvalue weighted by Crippen LogP contribution is 2.34. The van der Waals surface area contributed by atoms with Crippen LogP contribution in [0, 0.1) is 0 Å². The first-order valence-electron chi connectivity index (χ1n) is 4.96. The molecule has 0 spiro atoms. The third-order valence-corrected chi connectivity index (χ3v) is 2.50. The Morgan fingerprint density at radius 2 is 2.25 bits per heavy atom. The number of hydrogen-bond donors (Lipinski definition) is 1. The number of methoxy groups -OCH3 is 1. The van der Waals surface area contributed by atoms with Crippen molar-refractivity contribution < 1.29 is 14.3 Å². The van der Waals surface area contributed by atoms with Gasteiger partial charge in [0.2, 0.25) is 0 Å². The Hall–Kier alpha value is -1.78. The summed E-state index contributed by atoms with van der Waals surface area (Å²) in [7, 11) is 1.29. The van der Waals surface area contributed by atoms with E-state index in [-0.39, 0.29) is 11.1 Å². The molecular weight excluding hydrogens is 210 g/mol. The normalized spacial score (nSPS) is 16.4. The number of fused-ring (bicyclic) bond motifs is 1. The Bertz CT molecular complexity index is 501. The fourth-order valence-electron chi connectivity index (χ4n) is 1.86. The van der Waals surface area contributed by atoms with E-state index >= 15 is 0 Å². The number of aromatic amines is 1. The molecule has 0 bridgehead atoms. The van der Waals surface area contributed by atoms with Gasteiger partial charge in [0.15, 0.2) is 5.88 Å². The molecule has 1 aromatic rings. The summed E-state index contributed by atoms with van der Waals surface area (Å²) in [5.74, 6) is -0.137. The number of ether oxygens (including phenoxy) is 2. The molecule has 16 heavy (non-hydrogen) atoms. The van der Waals surface area contributed by atoms with Crippen LogP contribution in [-0.4, -0.2) is 23.7 Å². The van der Waals surface area contributed by atoms with Gasteiger partial charge in [-0.25, -0.2) is 4.79 Å². The van der Waals surface area contributed by atoms with Crippen molar-refractivity contribution in [3.8, 4) is 5.88 Å². The Kier molecular flexibility index (Phi) is 2.26. The zero-order valence-corrected chi connectivity index (χ0v) is 9.42. The second kappa shape index (κ2) is 3.37. The van der Waals surface area contributed by atoms with Crippen LogP contribution in [-0.2, 0) is 11.2 Å². The van der Waals surface area contributed by atoms with Gasteiger partial charge in [-0.15, -0.1) is 0 Å². The summed E-state index contributed by atoms with van der Waals surface area (Å²) in [5.41, 5.74) is 0.218. The minimum absolute atomic E-state index is 0.284. The number of nitrogens with one attached hydrogen (secondary N) is 1. The van der Waals surface area contributed by atoms with Crippen LogP contribution in [0.1, 0.15) is 29.8 Å². The highest BCUT2D eigenvalue weighted by Gasteiger charge is 2.34. The van der Waals surface area contributed by atoms with Crippen molar-refractivity contribution in [2.75, 3.05) is 7.11 Å². The van der Waals surface area contributed by atoms with Crippen LogP contribution in [0.15, 0.2) is 10.9 Å². The molecule has 0 amide bonds. The molecule has 2 rings (SSSR count). The summed E-state index contributed by atoms with van der Waals surface area (Å²) < 4.78 is 10.2. The number of esters is 1. The first-order chi connectivity index (χ1) is 7.43. The Balaban J connectivity index is 2.58. The molecule has 1 N–H and O–H groups in total.